The number of carboxylic acids is 1. The lowest BCUT2D eigenvalue weighted by Gasteiger charge is -2.20. The van der Waals surface area contributed by atoms with Gasteiger partial charge in [-0.2, -0.15) is 0 Å². The second-order valence-corrected chi connectivity index (χ2v) is 5.78. The van der Waals surface area contributed by atoms with Crippen LogP contribution in [-0.4, -0.2) is 16.9 Å². The van der Waals surface area contributed by atoms with E-state index in [1.807, 2.05) is 51.1 Å². The highest BCUT2D eigenvalue weighted by Crippen LogP contribution is 2.23. The fraction of sp³-hybridized carbons (Fsp3) is 0.467. The van der Waals surface area contributed by atoms with Crippen LogP contribution in [0.2, 0.25) is 0 Å². The second-order valence-electron chi connectivity index (χ2n) is 5.78. The summed E-state index contributed by atoms with van der Waals surface area (Å²) in [4.78, 5) is 23.2. The Morgan fingerprint density at radius 2 is 1.72 bits per heavy atom. The minimum Gasteiger partial charge on any atom is -0.481 e. The number of carboxylic acid groups (broad SMARTS) is 1. The first-order valence-electron chi connectivity index (χ1n) is 6.09. The Kier molecular flexibility index (Phi) is 4.65. The molecule has 0 saturated carbocycles. The largest absolute Gasteiger partial charge is 0.481 e. The third kappa shape index (κ3) is 4.70. The van der Waals surface area contributed by atoms with E-state index in [2.05, 4.69) is 0 Å². The van der Waals surface area contributed by atoms with Crippen LogP contribution < -0.4 is 0 Å². The van der Waals surface area contributed by atoms with Gasteiger partial charge in [0.1, 0.15) is 11.7 Å². The Morgan fingerprint density at radius 3 is 2.17 bits per heavy atom. The molecule has 1 aromatic carbocycles. The normalized spacial score (nSPS) is 13.1. The van der Waals surface area contributed by atoms with Crippen molar-refractivity contribution in [2.24, 2.45) is 11.3 Å². The van der Waals surface area contributed by atoms with Gasteiger partial charge in [0.25, 0.3) is 0 Å². The van der Waals surface area contributed by atoms with E-state index in [4.69, 9.17) is 0 Å². The Hall–Kier alpha value is -1.64. The van der Waals surface area contributed by atoms with Gasteiger partial charge < -0.3 is 5.11 Å². The standard InChI is InChI=1S/C15H20O3/c1-15(2,3)10-13(16)12(14(17)18)9-11-7-5-4-6-8-11/h4-8,12H,9-10H2,1-3H3,(H,17,18)/t12-/m1/s1. The monoisotopic (exact) mass is 248 g/mol. The third-order valence-electron chi connectivity index (χ3n) is 2.67. The van der Waals surface area contributed by atoms with Crippen molar-refractivity contribution in [1.82, 2.24) is 0 Å². The predicted octanol–water partition coefficient (Wildman–Crippen LogP) is 2.94. The maximum absolute atomic E-state index is 12.0. The van der Waals surface area contributed by atoms with Crippen molar-refractivity contribution in [3.8, 4) is 0 Å². The summed E-state index contributed by atoms with van der Waals surface area (Å²) >= 11 is 0. The number of Topliss-reactive ketones (excluding diaryl/α,β-unsaturated/α-hetero) is 1. The highest BCUT2D eigenvalue weighted by atomic mass is 16.4. The van der Waals surface area contributed by atoms with E-state index >= 15 is 0 Å². The number of carbonyl (C=O) groups is 2. The average Bonchev–Trinajstić information content (AvgIpc) is 2.24. The van der Waals surface area contributed by atoms with Gasteiger partial charge in [-0.05, 0) is 17.4 Å². The quantitative estimate of drug-likeness (QED) is 0.815. The van der Waals surface area contributed by atoms with Gasteiger partial charge >= 0.3 is 5.97 Å². The summed E-state index contributed by atoms with van der Waals surface area (Å²) < 4.78 is 0. The van der Waals surface area contributed by atoms with Crippen LogP contribution >= 0.6 is 0 Å². The lowest BCUT2D eigenvalue weighted by atomic mass is 9.83. The van der Waals surface area contributed by atoms with Gasteiger partial charge in [0.05, 0.1) is 0 Å². The first-order chi connectivity index (χ1) is 8.29. The lowest BCUT2D eigenvalue weighted by Crippen LogP contribution is -2.29. The van der Waals surface area contributed by atoms with Crippen molar-refractivity contribution < 1.29 is 14.7 Å². The fourth-order valence-corrected chi connectivity index (χ4v) is 1.83. The molecule has 0 aromatic heterocycles. The van der Waals surface area contributed by atoms with Crippen LogP contribution in [0, 0.1) is 11.3 Å². The van der Waals surface area contributed by atoms with Crippen LogP contribution in [0.1, 0.15) is 32.8 Å². The second kappa shape index (κ2) is 5.80. The smallest absolute Gasteiger partial charge is 0.314 e. The topological polar surface area (TPSA) is 54.4 Å². The molecular weight excluding hydrogens is 228 g/mol. The van der Waals surface area contributed by atoms with E-state index in [0.29, 0.717) is 0 Å². The first-order valence-corrected chi connectivity index (χ1v) is 6.09. The Bertz CT molecular complexity index is 415. The number of benzene rings is 1. The summed E-state index contributed by atoms with van der Waals surface area (Å²) in [5, 5.41) is 9.18. The summed E-state index contributed by atoms with van der Waals surface area (Å²) in [6.45, 7) is 5.81. The minimum absolute atomic E-state index is 0.179. The molecule has 1 aromatic rings. The number of rotatable bonds is 5. The van der Waals surface area contributed by atoms with Gasteiger partial charge in [-0.3, -0.25) is 9.59 Å². The average molecular weight is 248 g/mol. The molecule has 18 heavy (non-hydrogen) atoms. The molecule has 1 atom stereocenters. The van der Waals surface area contributed by atoms with Gasteiger partial charge in [0.15, 0.2) is 0 Å². The summed E-state index contributed by atoms with van der Waals surface area (Å²) in [6.07, 6.45) is 0.557. The zero-order valence-electron chi connectivity index (χ0n) is 11.1. The van der Waals surface area contributed by atoms with Gasteiger partial charge in [-0.15, -0.1) is 0 Å². The molecule has 0 spiro atoms. The van der Waals surface area contributed by atoms with Crippen LogP contribution in [0.3, 0.4) is 0 Å². The van der Waals surface area contributed by atoms with Crippen LogP contribution in [0.25, 0.3) is 0 Å². The maximum atomic E-state index is 12.0. The number of hydrogen-bond donors (Lipinski definition) is 1. The summed E-state index contributed by atoms with van der Waals surface area (Å²) in [6, 6.07) is 9.27. The summed E-state index contributed by atoms with van der Waals surface area (Å²) in [5.41, 5.74) is 0.703. The van der Waals surface area contributed by atoms with Crippen molar-refractivity contribution in [2.45, 2.75) is 33.6 Å². The van der Waals surface area contributed by atoms with E-state index in [1.165, 1.54) is 0 Å². The minimum atomic E-state index is -1.03. The molecule has 0 aliphatic rings. The Morgan fingerprint density at radius 1 is 1.17 bits per heavy atom. The predicted molar refractivity (Wildman–Crippen MR) is 70.4 cm³/mol. The zero-order valence-corrected chi connectivity index (χ0v) is 11.1. The van der Waals surface area contributed by atoms with Crippen molar-refractivity contribution in [3.05, 3.63) is 35.9 Å². The highest BCUT2D eigenvalue weighted by molar-refractivity contribution is 5.98. The zero-order chi connectivity index (χ0) is 13.8. The number of carbonyl (C=O) groups excluding carboxylic acids is 1. The first kappa shape index (κ1) is 14.4. The molecule has 0 unspecified atom stereocenters. The number of ketones is 1. The molecule has 3 heteroatoms. The van der Waals surface area contributed by atoms with E-state index < -0.39 is 11.9 Å². The fourth-order valence-electron chi connectivity index (χ4n) is 1.83. The molecule has 3 nitrogen and oxygen atoms in total. The van der Waals surface area contributed by atoms with Crippen LogP contribution in [0.5, 0.6) is 0 Å². The van der Waals surface area contributed by atoms with E-state index in [0.717, 1.165) is 5.56 Å². The molecule has 0 amide bonds. The van der Waals surface area contributed by atoms with Crippen LogP contribution in [0.15, 0.2) is 30.3 Å². The number of aliphatic carboxylic acids is 1. The molecule has 0 fully saturated rings. The molecule has 0 aliphatic heterocycles. The van der Waals surface area contributed by atoms with E-state index in [-0.39, 0.29) is 24.0 Å². The van der Waals surface area contributed by atoms with Gasteiger partial charge in [-0.25, -0.2) is 0 Å². The van der Waals surface area contributed by atoms with Gasteiger partial charge in [0, 0.05) is 6.42 Å². The van der Waals surface area contributed by atoms with E-state index in [9.17, 15) is 14.7 Å². The molecule has 0 radical (unpaired) electrons. The highest BCUT2D eigenvalue weighted by Gasteiger charge is 2.29. The van der Waals surface area contributed by atoms with Crippen molar-refractivity contribution in [2.75, 3.05) is 0 Å². The SMILES string of the molecule is CC(C)(C)CC(=O)[C@@H](Cc1ccccc1)C(=O)O. The lowest BCUT2D eigenvalue weighted by molar-refractivity contribution is -0.146. The molecule has 1 N–H and O–H groups in total. The summed E-state index contributed by atoms with van der Waals surface area (Å²) in [5.74, 6) is -2.17. The third-order valence-corrected chi connectivity index (χ3v) is 2.67. The van der Waals surface area contributed by atoms with Gasteiger partial charge in [-0.1, -0.05) is 51.1 Å². The number of hydrogen-bond acceptors (Lipinski definition) is 2. The van der Waals surface area contributed by atoms with Crippen molar-refractivity contribution in [1.29, 1.82) is 0 Å². The molecule has 98 valence electrons. The molecule has 0 heterocycles. The molecule has 1 rings (SSSR count). The Balaban J connectivity index is 2.78. The van der Waals surface area contributed by atoms with Crippen LogP contribution in [-0.2, 0) is 16.0 Å². The molecule has 0 aliphatic carbocycles. The molecule has 0 saturated heterocycles. The van der Waals surface area contributed by atoms with Crippen molar-refractivity contribution >= 4 is 11.8 Å². The molecule has 0 bridgehead atoms. The van der Waals surface area contributed by atoms with Crippen molar-refractivity contribution in [3.63, 3.8) is 0 Å². The Labute approximate surface area is 108 Å². The summed E-state index contributed by atoms with van der Waals surface area (Å²) in [7, 11) is 0. The van der Waals surface area contributed by atoms with Crippen LogP contribution in [0.4, 0.5) is 0 Å². The molecular formula is C15H20O3. The maximum Gasteiger partial charge on any atom is 0.314 e. The van der Waals surface area contributed by atoms with Gasteiger partial charge in [0.2, 0.25) is 0 Å². The van der Waals surface area contributed by atoms with E-state index in [1.54, 1.807) is 0 Å².